The van der Waals surface area contributed by atoms with Crippen LogP contribution in [-0.4, -0.2) is 34.7 Å². The van der Waals surface area contributed by atoms with Gasteiger partial charge in [-0.25, -0.2) is 5.10 Å². The van der Waals surface area contributed by atoms with E-state index in [1.165, 1.54) is 24.3 Å². The van der Waals surface area contributed by atoms with Crippen molar-refractivity contribution >= 4 is 53.9 Å². The maximum Gasteiger partial charge on any atom is 0.328 e. The Bertz CT molecular complexity index is 1930. The van der Waals surface area contributed by atoms with Crippen LogP contribution in [0, 0.1) is 6.92 Å². The number of H-pyrrole nitrogens is 2. The molecule has 6 rings (SSSR count). The first-order valence-electron chi connectivity index (χ1n) is 11.1. The monoisotopic (exact) mass is 530 g/mol. The fourth-order valence-electron chi connectivity index (χ4n) is 3.92. The van der Waals surface area contributed by atoms with E-state index in [-0.39, 0.29) is 22.4 Å². The number of rotatable bonds is 5. The van der Waals surface area contributed by atoms with E-state index in [1.54, 1.807) is 30.5 Å². The lowest BCUT2D eigenvalue weighted by atomic mass is 10.0. The molecule has 0 aliphatic carbocycles. The standard InChI is InChI=1S/C25H18N6O4S2/c1-14-28-30-25(35-14)31-37(33,34)19-8-6-18(7-9-19)27-24(32)16-10-17-13-26-29-23(17)20(11-16)22-12-15-4-2-3-5-21(15)36-22/h2-13H,1H3,(H,26,29)(H,27,32)(H,30,31). The Kier molecular flexibility index (Phi) is 5.46. The number of hydrogen-bond donors (Lipinski definition) is 3. The molecule has 3 aromatic heterocycles. The van der Waals surface area contributed by atoms with E-state index in [4.69, 9.17) is 4.42 Å². The molecule has 0 radical (unpaired) electrons. The highest BCUT2D eigenvalue weighted by Crippen LogP contribution is 2.37. The maximum absolute atomic E-state index is 13.2. The quantitative estimate of drug-likeness (QED) is 0.297. The Morgan fingerprint density at radius 3 is 2.59 bits per heavy atom. The van der Waals surface area contributed by atoms with Crippen molar-refractivity contribution in [2.75, 3.05) is 5.32 Å². The van der Waals surface area contributed by atoms with Gasteiger partial charge in [0.1, 0.15) is 0 Å². The second-order valence-electron chi connectivity index (χ2n) is 8.20. The zero-order valence-corrected chi connectivity index (χ0v) is 20.9. The van der Waals surface area contributed by atoms with Gasteiger partial charge in [-0.15, -0.1) is 20.8 Å². The van der Waals surface area contributed by atoms with Crippen LogP contribution in [0.25, 0.3) is 31.4 Å². The van der Waals surface area contributed by atoms with Gasteiger partial charge in [0, 0.05) is 38.7 Å². The molecule has 10 nitrogen and oxygen atoms in total. The van der Waals surface area contributed by atoms with Crippen molar-refractivity contribution in [1.29, 1.82) is 0 Å². The molecule has 3 heterocycles. The Labute approximate surface area is 213 Å². The Balaban J connectivity index is 1.29. The minimum absolute atomic E-state index is 0.0557. The number of thiophene rings is 1. The average molecular weight is 531 g/mol. The van der Waals surface area contributed by atoms with Crippen molar-refractivity contribution in [3.05, 3.63) is 90.1 Å². The molecule has 3 aromatic carbocycles. The number of carbonyl (C=O) groups is 1. The van der Waals surface area contributed by atoms with Gasteiger partial charge in [0.05, 0.1) is 16.6 Å². The topological polar surface area (TPSA) is 146 Å². The summed E-state index contributed by atoms with van der Waals surface area (Å²) in [7, 11) is -4.02. The first kappa shape index (κ1) is 22.9. The highest BCUT2D eigenvalue weighted by molar-refractivity contribution is 7.90. The van der Waals surface area contributed by atoms with Crippen molar-refractivity contribution in [2.45, 2.75) is 11.8 Å². The number of nitrogens with zero attached hydrogens (tertiary/aromatic N) is 3. The summed E-state index contributed by atoms with van der Waals surface area (Å²) in [6, 6.07) is 19.5. The van der Waals surface area contributed by atoms with Crippen LogP contribution in [0.3, 0.4) is 0 Å². The van der Waals surface area contributed by atoms with E-state index in [0.29, 0.717) is 11.3 Å². The zero-order valence-electron chi connectivity index (χ0n) is 19.2. The van der Waals surface area contributed by atoms with E-state index in [0.717, 1.165) is 31.4 Å². The van der Waals surface area contributed by atoms with Gasteiger partial charge in [-0.2, -0.15) is 13.5 Å². The van der Waals surface area contributed by atoms with Crippen molar-refractivity contribution in [3.8, 4) is 10.4 Å². The van der Waals surface area contributed by atoms with Crippen LogP contribution >= 0.6 is 11.3 Å². The van der Waals surface area contributed by atoms with Gasteiger partial charge in [0.15, 0.2) is 0 Å². The lowest BCUT2D eigenvalue weighted by molar-refractivity contribution is 0.102. The highest BCUT2D eigenvalue weighted by atomic mass is 32.2. The predicted octanol–water partition coefficient (Wildman–Crippen LogP) is 4.61. The van der Waals surface area contributed by atoms with E-state index in [1.807, 2.05) is 18.2 Å². The molecule has 0 atom stereocenters. The number of carbonyl (C=O) groups excluding carboxylic acids is 1. The van der Waals surface area contributed by atoms with E-state index in [9.17, 15) is 13.2 Å². The predicted molar refractivity (Wildman–Crippen MR) is 140 cm³/mol. The first-order chi connectivity index (χ1) is 17.9. The van der Waals surface area contributed by atoms with Crippen LogP contribution in [0.5, 0.6) is 0 Å². The molecule has 3 N–H and O–H groups in total. The molecule has 0 bridgehead atoms. The summed E-state index contributed by atoms with van der Waals surface area (Å²) in [5, 5.41) is 18.1. The fourth-order valence-corrected chi connectivity index (χ4v) is 5.89. The third-order valence-electron chi connectivity index (χ3n) is 5.67. The normalized spacial score (nSPS) is 12.4. The molecule has 6 aromatic rings. The molecular formula is C25H18N6O4S2. The molecule has 184 valence electrons. The van der Waals surface area contributed by atoms with Crippen molar-refractivity contribution < 1.29 is 17.6 Å². The largest absolute Gasteiger partial charge is 0.408 e. The second kappa shape index (κ2) is 8.84. The third-order valence-corrected chi connectivity index (χ3v) is 8.09. The fraction of sp³-hybridized carbons (Fsp3) is 0.0400. The van der Waals surface area contributed by atoms with Gasteiger partial charge >= 0.3 is 5.68 Å². The van der Waals surface area contributed by atoms with Crippen molar-refractivity contribution in [1.82, 2.24) is 20.4 Å². The number of sulfonamides is 1. The first-order valence-corrected chi connectivity index (χ1v) is 13.3. The number of aryl methyl sites for hydroxylation is 1. The molecule has 0 aliphatic heterocycles. The number of hydrogen-bond acceptors (Lipinski definition) is 7. The summed E-state index contributed by atoms with van der Waals surface area (Å²) in [6.07, 6.45) is 1.68. The molecule has 0 saturated heterocycles. The molecule has 12 heteroatoms. The van der Waals surface area contributed by atoms with E-state index < -0.39 is 10.0 Å². The second-order valence-corrected chi connectivity index (χ2v) is 10.9. The zero-order chi connectivity index (χ0) is 25.6. The summed E-state index contributed by atoms with van der Waals surface area (Å²) in [6.45, 7) is 1.56. The molecule has 37 heavy (non-hydrogen) atoms. The summed E-state index contributed by atoms with van der Waals surface area (Å²) in [5.41, 5.74) is 2.38. The number of aromatic amines is 2. The van der Waals surface area contributed by atoms with Gasteiger partial charge in [-0.1, -0.05) is 18.2 Å². The minimum atomic E-state index is -4.02. The van der Waals surface area contributed by atoms with Crippen LogP contribution in [0.2, 0.25) is 0 Å². The van der Waals surface area contributed by atoms with Crippen LogP contribution in [0.15, 0.2) is 86.6 Å². The minimum Gasteiger partial charge on any atom is -0.408 e. The van der Waals surface area contributed by atoms with E-state index in [2.05, 4.69) is 48.3 Å². The van der Waals surface area contributed by atoms with Gasteiger partial charge < -0.3 is 9.73 Å². The average Bonchev–Trinajstić information content (AvgIpc) is 3.62. The summed E-state index contributed by atoms with van der Waals surface area (Å²) < 4.78 is 34.9. The molecular weight excluding hydrogens is 512 g/mol. The lowest BCUT2D eigenvalue weighted by Gasteiger charge is -2.08. The van der Waals surface area contributed by atoms with Crippen molar-refractivity contribution in [2.24, 2.45) is 4.40 Å². The Morgan fingerprint density at radius 1 is 1.03 bits per heavy atom. The summed E-state index contributed by atoms with van der Waals surface area (Å²) in [4.78, 5) is 14.1. The molecule has 0 saturated carbocycles. The van der Waals surface area contributed by atoms with Gasteiger partial charge in [0.2, 0.25) is 5.89 Å². The summed E-state index contributed by atoms with van der Waals surface area (Å²) in [5.74, 6) is -0.0754. The maximum atomic E-state index is 13.2. The van der Waals surface area contributed by atoms with Gasteiger partial charge in [-0.05, 0) is 53.9 Å². The van der Waals surface area contributed by atoms with Crippen LogP contribution in [-0.2, 0) is 10.0 Å². The van der Waals surface area contributed by atoms with Crippen molar-refractivity contribution in [3.63, 3.8) is 0 Å². The molecule has 1 amide bonds. The SMILES string of the molecule is Cc1n[nH]/c(=N/S(=O)(=O)c2ccc(NC(=O)c3cc(-c4cc5ccccc5s4)c4[nH]ncc4c3)cc2)o1. The number of aromatic nitrogens is 4. The smallest absolute Gasteiger partial charge is 0.328 e. The number of nitrogens with one attached hydrogen (secondary N) is 3. The van der Waals surface area contributed by atoms with Crippen LogP contribution < -0.4 is 11.0 Å². The molecule has 0 aliphatic rings. The number of fused-ring (bicyclic) bond motifs is 2. The lowest BCUT2D eigenvalue weighted by Crippen LogP contribution is -2.12. The third kappa shape index (κ3) is 4.43. The Morgan fingerprint density at radius 2 is 1.84 bits per heavy atom. The summed E-state index contributed by atoms with van der Waals surface area (Å²) >= 11 is 1.64. The number of benzene rings is 3. The molecule has 0 spiro atoms. The van der Waals surface area contributed by atoms with Gasteiger partial charge in [-0.3, -0.25) is 9.89 Å². The van der Waals surface area contributed by atoms with Crippen LogP contribution in [0.4, 0.5) is 5.69 Å². The number of anilines is 1. The van der Waals surface area contributed by atoms with E-state index >= 15 is 0 Å². The Hall–Kier alpha value is -4.55. The highest BCUT2D eigenvalue weighted by Gasteiger charge is 2.17. The van der Waals surface area contributed by atoms with Crippen LogP contribution in [0.1, 0.15) is 16.2 Å². The van der Waals surface area contributed by atoms with Gasteiger partial charge in [0.25, 0.3) is 15.9 Å². The molecule has 0 fully saturated rings. The molecule has 0 unspecified atom stereocenters. The number of amides is 1.